The molecule has 92 valence electrons. The van der Waals surface area contributed by atoms with Crippen LogP contribution >= 0.6 is 0 Å². The van der Waals surface area contributed by atoms with E-state index in [1.54, 1.807) is 0 Å². The zero-order valence-corrected chi connectivity index (χ0v) is 8.63. The van der Waals surface area contributed by atoms with Crippen LogP contribution < -0.4 is 5.32 Å². The van der Waals surface area contributed by atoms with E-state index in [2.05, 4.69) is 0 Å². The zero-order valence-electron chi connectivity index (χ0n) is 8.63. The van der Waals surface area contributed by atoms with Crippen molar-refractivity contribution >= 4 is 17.6 Å². The third kappa shape index (κ3) is 2.74. The van der Waals surface area contributed by atoms with Gasteiger partial charge in [0.15, 0.2) is 17.5 Å². The first-order valence-corrected chi connectivity index (χ1v) is 4.51. The predicted octanol–water partition coefficient (Wildman–Crippen LogP) is 1.76. The smallest absolute Gasteiger partial charge is 0.315 e. The summed E-state index contributed by atoms with van der Waals surface area (Å²) >= 11 is 0. The molecule has 1 unspecified atom stereocenters. The van der Waals surface area contributed by atoms with Crippen LogP contribution in [0.2, 0.25) is 0 Å². The molecule has 0 spiro atoms. The number of carbonyl (C=O) groups excluding carboxylic acids is 1. The molecule has 1 amide bonds. The Morgan fingerprint density at radius 2 is 1.82 bits per heavy atom. The summed E-state index contributed by atoms with van der Waals surface area (Å²) in [6.07, 6.45) is 0. The molecule has 0 heterocycles. The van der Waals surface area contributed by atoms with E-state index in [1.165, 1.54) is 0 Å². The van der Waals surface area contributed by atoms with Crippen LogP contribution in [0.4, 0.5) is 18.9 Å². The van der Waals surface area contributed by atoms with Crippen LogP contribution in [0.5, 0.6) is 0 Å². The summed E-state index contributed by atoms with van der Waals surface area (Å²) in [5.74, 6) is -8.57. The van der Waals surface area contributed by atoms with E-state index in [9.17, 15) is 22.8 Å². The Labute approximate surface area is 94.1 Å². The number of aliphatic carboxylic acids is 1. The molecule has 7 heteroatoms. The van der Waals surface area contributed by atoms with Crippen molar-refractivity contribution in [3.8, 4) is 0 Å². The van der Waals surface area contributed by atoms with Gasteiger partial charge in [0, 0.05) is 0 Å². The molecule has 1 rings (SSSR count). The van der Waals surface area contributed by atoms with Crippen molar-refractivity contribution in [2.75, 3.05) is 5.32 Å². The number of nitrogens with one attached hydrogen (secondary N) is 1. The van der Waals surface area contributed by atoms with Crippen LogP contribution in [0.1, 0.15) is 6.92 Å². The molecular weight excluding hydrogens is 239 g/mol. The third-order valence-electron chi connectivity index (χ3n) is 2.06. The molecule has 0 bridgehead atoms. The number of benzene rings is 1. The van der Waals surface area contributed by atoms with Crippen molar-refractivity contribution in [3.63, 3.8) is 0 Å². The average Bonchev–Trinajstić information content (AvgIpc) is 2.28. The van der Waals surface area contributed by atoms with Gasteiger partial charge in [-0.3, -0.25) is 9.59 Å². The first kappa shape index (κ1) is 13.0. The molecule has 4 nitrogen and oxygen atoms in total. The highest BCUT2D eigenvalue weighted by Crippen LogP contribution is 2.20. The molecule has 1 aromatic rings. The monoisotopic (exact) mass is 247 g/mol. The second kappa shape index (κ2) is 4.86. The molecule has 0 saturated heterocycles. The van der Waals surface area contributed by atoms with E-state index in [1.807, 2.05) is 5.32 Å². The SMILES string of the molecule is CC(C(=O)O)C(=O)Nc1ccc(F)c(F)c1F. The minimum atomic E-state index is -1.73. The fourth-order valence-corrected chi connectivity index (χ4v) is 0.976. The van der Waals surface area contributed by atoms with Gasteiger partial charge in [0.2, 0.25) is 5.91 Å². The number of carboxylic acid groups (broad SMARTS) is 1. The highest BCUT2D eigenvalue weighted by atomic mass is 19.2. The fraction of sp³-hybridized carbons (Fsp3) is 0.200. The highest BCUT2D eigenvalue weighted by molar-refractivity contribution is 6.03. The lowest BCUT2D eigenvalue weighted by Gasteiger charge is -2.09. The maximum Gasteiger partial charge on any atom is 0.315 e. The minimum absolute atomic E-state index is 0.609. The number of amides is 1. The Balaban J connectivity index is 2.94. The maximum absolute atomic E-state index is 13.1. The first-order valence-electron chi connectivity index (χ1n) is 4.51. The normalized spacial score (nSPS) is 12.0. The van der Waals surface area contributed by atoms with Gasteiger partial charge in [0.1, 0.15) is 5.92 Å². The van der Waals surface area contributed by atoms with E-state index in [-0.39, 0.29) is 0 Å². The second-order valence-corrected chi connectivity index (χ2v) is 3.27. The lowest BCUT2D eigenvalue weighted by Crippen LogP contribution is -2.27. The Hall–Kier alpha value is -2.05. The molecule has 0 aliphatic heterocycles. The molecule has 0 saturated carbocycles. The summed E-state index contributed by atoms with van der Waals surface area (Å²) in [5, 5.41) is 10.4. The van der Waals surface area contributed by atoms with Crippen molar-refractivity contribution in [3.05, 3.63) is 29.6 Å². The van der Waals surface area contributed by atoms with Crippen LogP contribution in [0.3, 0.4) is 0 Å². The van der Waals surface area contributed by atoms with Gasteiger partial charge < -0.3 is 10.4 Å². The van der Waals surface area contributed by atoms with Gasteiger partial charge in [-0.15, -0.1) is 0 Å². The van der Waals surface area contributed by atoms with Crippen molar-refractivity contribution in [2.45, 2.75) is 6.92 Å². The summed E-state index contributed by atoms with van der Waals surface area (Å²) in [4.78, 5) is 21.7. The lowest BCUT2D eigenvalue weighted by atomic mass is 10.1. The van der Waals surface area contributed by atoms with Gasteiger partial charge in [0.05, 0.1) is 5.69 Å². The first-order chi connectivity index (χ1) is 7.84. The number of rotatable bonds is 3. The number of carbonyl (C=O) groups is 2. The minimum Gasteiger partial charge on any atom is -0.481 e. The van der Waals surface area contributed by atoms with E-state index in [0.717, 1.165) is 13.0 Å². The summed E-state index contributed by atoms with van der Waals surface area (Å²) in [7, 11) is 0. The van der Waals surface area contributed by atoms with Crippen LogP contribution in [-0.2, 0) is 9.59 Å². The Morgan fingerprint density at radius 1 is 1.24 bits per heavy atom. The molecule has 1 atom stereocenters. The van der Waals surface area contributed by atoms with E-state index in [4.69, 9.17) is 5.11 Å². The van der Waals surface area contributed by atoms with Crippen molar-refractivity contribution in [2.24, 2.45) is 5.92 Å². The van der Waals surface area contributed by atoms with E-state index in [0.29, 0.717) is 6.07 Å². The zero-order chi connectivity index (χ0) is 13.2. The molecule has 0 aliphatic rings. The van der Waals surface area contributed by atoms with Gasteiger partial charge in [-0.05, 0) is 19.1 Å². The topological polar surface area (TPSA) is 66.4 Å². The molecule has 1 aromatic carbocycles. The van der Waals surface area contributed by atoms with Gasteiger partial charge in [-0.2, -0.15) is 0 Å². The van der Waals surface area contributed by atoms with E-state index >= 15 is 0 Å². The fourth-order valence-electron chi connectivity index (χ4n) is 0.976. The number of anilines is 1. The number of hydrogen-bond donors (Lipinski definition) is 2. The quantitative estimate of drug-likeness (QED) is 0.631. The Kier molecular flexibility index (Phi) is 3.72. The van der Waals surface area contributed by atoms with E-state index < -0.39 is 40.9 Å². The summed E-state index contributed by atoms with van der Waals surface area (Å²) in [6, 6.07) is 1.43. The number of hydrogen-bond acceptors (Lipinski definition) is 2. The molecule has 0 radical (unpaired) electrons. The average molecular weight is 247 g/mol. The standard InChI is InChI=1S/C10H8F3NO3/c1-4(10(16)17)9(15)14-6-3-2-5(11)7(12)8(6)13/h2-4H,1H3,(H,14,15)(H,16,17). The molecule has 2 N–H and O–H groups in total. The number of halogens is 3. The molecular formula is C10H8F3NO3. The second-order valence-electron chi connectivity index (χ2n) is 3.27. The lowest BCUT2D eigenvalue weighted by molar-refractivity contribution is -0.144. The Bertz CT molecular complexity index is 476. The summed E-state index contributed by atoms with van der Waals surface area (Å²) in [6.45, 7) is 1.08. The van der Waals surface area contributed by atoms with Crippen LogP contribution in [0.25, 0.3) is 0 Å². The molecule has 0 fully saturated rings. The highest BCUT2D eigenvalue weighted by Gasteiger charge is 2.22. The molecule has 17 heavy (non-hydrogen) atoms. The van der Waals surface area contributed by atoms with Gasteiger partial charge >= 0.3 is 5.97 Å². The largest absolute Gasteiger partial charge is 0.481 e. The van der Waals surface area contributed by atoms with Crippen molar-refractivity contribution < 1.29 is 27.9 Å². The van der Waals surface area contributed by atoms with Gasteiger partial charge in [0.25, 0.3) is 0 Å². The van der Waals surface area contributed by atoms with Gasteiger partial charge in [-0.1, -0.05) is 0 Å². The van der Waals surface area contributed by atoms with Crippen LogP contribution in [-0.4, -0.2) is 17.0 Å². The van der Waals surface area contributed by atoms with Crippen LogP contribution in [0.15, 0.2) is 12.1 Å². The number of carboxylic acids is 1. The molecule has 0 aromatic heterocycles. The third-order valence-corrected chi connectivity index (χ3v) is 2.06. The van der Waals surface area contributed by atoms with Gasteiger partial charge in [-0.25, -0.2) is 13.2 Å². The van der Waals surface area contributed by atoms with Crippen molar-refractivity contribution in [1.29, 1.82) is 0 Å². The summed E-state index contributed by atoms with van der Waals surface area (Å²) in [5.41, 5.74) is -0.609. The predicted molar refractivity (Wildman–Crippen MR) is 51.7 cm³/mol. The Morgan fingerprint density at radius 3 is 2.35 bits per heavy atom. The molecule has 0 aliphatic carbocycles. The maximum atomic E-state index is 13.1. The summed E-state index contributed by atoms with van der Waals surface area (Å²) < 4.78 is 38.5. The van der Waals surface area contributed by atoms with Crippen LogP contribution in [0, 0.1) is 23.4 Å². The van der Waals surface area contributed by atoms with Crippen molar-refractivity contribution in [1.82, 2.24) is 0 Å².